The molecule has 0 saturated carbocycles. The van der Waals surface area contributed by atoms with Gasteiger partial charge in [0.2, 0.25) is 0 Å². The molecular formula is C16H14BrFO. The molecule has 2 aromatic carbocycles. The van der Waals surface area contributed by atoms with E-state index in [9.17, 15) is 9.18 Å². The number of aryl methyl sites for hydroxylation is 2. The van der Waals surface area contributed by atoms with Crippen molar-refractivity contribution in [2.24, 2.45) is 0 Å². The Labute approximate surface area is 120 Å². The van der Waals surface area contributed by atoms with E-state index in [1.54, 1.807) is 6.07 Å². The molecular weight excluding hydrogens is 307 g/mol. The number of carbonyl (C=O) groups is 1. The normalized spacial score (nSPS) is 10.5. The molecule has 0 aliphatic carbocycles. The van der Waals surface area contributed by atoms with Crippen LogP contribution in [0.15, 0.2) is 40.9 Å². The molecule has 0 aliphatic heterocycles. The standard InChI is InChI=1S/C16H14BrFO/c1-10-3-4-15(11(2)5-10)16(19)8-12-6-13(17)9-14(18)7-12/h3-7,9H,8H2,1-2H3. The van der Waals surface area contributed by atoms with Crippen LogP contribution in [-0.2, 0) is 6.42 Å². The number of halogens is 2. The summed E-state index contributed by atoms with van der Waals surface area (Å²) in [5, 5.41) is 0. The average Bonchev–Trinajstić information content (AvgIpc) is 2.26. The minimum absolute atomic E-state index is 0.00926. The molecule has 0 spiro atoms. The zero-order valence-corrected chi connectivity index (χ0v) is 12.4. The largest absolute Gasteiger partial charge is 0.294 e. The van der Waals surface area contributed by atoms with Gasteiger partial charge in [-0.15, -0.1) is 0 Å². The Morgan fingerprint density at radius 2 is 1.89 bits per heavy atom. The highest BCUT2D eigenvalue weighted by Crippen LogP contribution is 2.18. The molecule has 2 rings (SSSR count). The van der Waals surface area contributed by atoms with Crippen molar-refractivity contribution in [3.63, 3.8) is 0 Å². The van der Waals surface area contributed by atoms with Gasteiger partial charge in [0, 0.05) is 16.5 Å². The number of ketones is 1. The third kappa shape index (κ3) is 3.51. The van der Waals surface area contributed by atoms with E-state index < -0.39 is 0 Å². The Bertz CT molecular complexity index is 614. The molecule has 0 unspecified atom stereocenters. The molecule has 0 aromatic heterocycles. The molecule has 1 nitrogen and oxygen atoms in total. The number of Topliss-reactive ketones (excluding diaryl/α,β-unsaturated/α-hetero) is 1. The van der Waals surface area contributed by atoms with Gasteiger partial charge < -0.3 is 0 Å². The molecule has 0 bridgehead atoms. The minimum Gasteiger partial charge on any atom is -0.294 e. The van der Waals surface area contributed by atoms with Crippen LogP contribution in [0.2, 0.25) is 0 Å². The van der Waals surface area contributed by atoms with E-state index in [1.165, 1.54) is 12.1 Å². The molecule has 0 amide bonds. The van der Waals surface area contributed by atoms with Crippen LogP contribution in [0.1, 0.15) is 27.0 Å². The summed E-state index contributed by atoms with van der Waals surface area (Å²) < 4.78 is 13.9. The first-order chi connectivity index (χ1) is 8.95. The predicted molar refractivity (Wildman–Crippen MR) is 78.1 cm³/mol. The summed E-state index contributed by atoms with van der Waals surface area (Å²) in [7, 11) is 0. The maximum Gasteiger partial charge on any atom is 0.167 e. The van der Waals surface area contributed by atoms with Crippen molar-refractivity contribution in [2.75, 3.05) is 0 Å². The SMILES string of the molecule is Cc1ccc(C(=O)Cc2cc(F)cc(Br)c2)c(C)c1. The van der Waals surface area contributed by atoms with E-state index >= 15 is 0 Å². The maximum absolute atomic E-state index is 13.3. The number of rotatable bonds is 3. The predicted octanol–water partition coefficient (Wildman–Crippen LogP) is 4.63. The summed E-state index contributed by atoms with van der Waals surface area (Å²) in [6, 6.07) is 10.3. The molecule has 0 saturated heterocycles. The van der Waals surface area contributed by atoms with Gasteiger partial charge in [-0.2, -0.15) is 0 Å². The van der Waals surface area contributed by atoms with Crippen molar-refractivity contribution in [2.45, 2.75) is 20.3 Å². The van der Waals surface area contributed by atoms with Crippen LogP contribution in [0, 0.1) is 19.7 Å². The smallest absolute Gasteiger partial charge is 0.167 e. The molecule has 0 atom stereocenters. The van der Waals surface area contributed by atoms with Gasteiger partial charge >= 0.3 is 0 Å². The highest BCUT2D eigenvalue weighted by Gasteiger charge is 2.11. The van der Waals surface area contributed by atoms with Crippen LogP contribution in [0.5, 0.6) is 0 Å². The summed E-state index contributed by atoms with van der Waals surface area (Å²) >= 11 is 3.23. The molecule has 2 aromatic rings. The van der Waals surface area contributed by atoms with Crippen molar-refractivity contribution in [3.05, 3.63) is 68.9 Å². The van der Waals surface area contributed by atoms with Gasteiger partial charge in [0.25, 0.3) is 0 Å². The maximum atomic E-state index is 13.3. The molecule has 3 heteroatoms. The molecule has 98 valence electrons. The van der Waals surface area contributed by atoms with Crippen molar-refractivity contribution in [1.29, 1.82) is 0 Å². The second-order valence-corrected chi connectivity index (χ2v) is 5.61. The van der Waals surface area contributed by atoms with E-state index in [-0.39, 0.29) is 18.0 Å². The van der Waals surface area contributed by atoms with Crippen molar-refractivity contribution in [1.82, 2.24) is 0 Å². The van der Waals surface area contributed by atoms with Gasteiger partial charge in [0.05, 0.1) is 0 Å². The Hall–Kier alpha value is -1.48. The van der Waals surface area contributed by atoms with Gasteiger partial charge in [-0.05, 0) is 43.2 Å². The second-order valence-electron chi connectivity index (χ2n) is 4.70. The molecule has 0 aliphatic rings. The van der Waals surface area contributed by atoms with Crippen LogP contribution in [-0.4, -0.2) is 5.78 Å². The lowest BCUT2D eigenvalue weighted by atomic mass is 9.98. The fraction of sp³-hybridized carbons (Fsp3) is 0.188. The lowest BCUT2D eigenvalue weighted by molar-refractivity contribution is 0.0992. The van der Waals surface area contributed by atoms with Crippen LogP contribution < -0.4 is 0 Å². The summed E-state index contributed by atoms with van der Waals surface area (Å²) in [6.45, 7) is 3.91. The molecule has 0 radical (unpaired) electrons. The lowest BCUT2D eigenvalue weighted by Gasteiger charge is -2.07. The first kappa shape index (κ1) is 13.9. The number of hydrogen-bond donors (Lipinski definition) is 0. The van der Waals surface area contributed by atoms with Gasteiger partial charge in [-0.1, -0.05) is 39.7 Å². The topological polar surface area (TPSA) is 17.1 Å². The zero-order chi connectivity index (χ0) is 14.0. The van der Waals surface area contributed by atoms with E-state index in [0.717, 1.165) is 11.1 Å². The second kappa shape index (κ2) is 5.66. The quantitative estimate of drug-likeness (QED) is 0.753. The first-order valence-corrected chi connectivity index (χ1v) is 6.80. The third-order valence-corrected chi connectivity index (χ3v) is 3.43. The summed E-state index contributed by atoms with van der Waals surface area (Å²) in [6.07, 6.45) is 0.209. The molecule has 0 heterocycles. The van der Waals surface area contributed by atoms with Crippen molar-refractivity contribution in [3.8, 4) is 0 Å². The fourth-order valence-corrected chi connectivity index (χ4v) is 2.63. The van der Waals surface area contributed by atoms with Gasteiger partial charge in [-0.3, -0.25) is 4.79 Å². The summed E-state index contributed by atoms with van der Waals surface area (Å²) in [4.78, 5) is 12.2. The Balaban J connectivity index is 2.25. The van der Waals surface area contributed by atoms with Crippen molar-refractivity contribution < 1.29 is 9.18 Å². The summed E-state index contributed by atoms with van der Waals surface area (Å²) in [5.41, 5.74) is 3.46. The van der Waals surface area contributed by atoms with Crippen LogP contribution >= 0.6 is 15.9 Å². The minimum atomic E-state index is -0.335. The number of benzene rings is 2. The van der Waals surface area contributed by atoms with Gasteiger partial charge in [-0.25, -0.2) is 4.39 Å². The number of carbonyl (C=O) groups excluding carboxylic acids is 1. The van der Waals surface area contributed by atoms with E-state index in [0.29, 0.717) is 15.6 Å². The van der Waals surface area contributed by atoms with Crippen LogP contribution in [0.4, 0.5) is 4.39 Å². The van der Waals surface area contributed by atoms with E-state index in [1.807, 2.05) is 32.0 Å². The average molecular weight is 321 g/mol. The van der Waals surface area contributed by atoms with Crippen LogP contribution in [0.3, 0.4) is 0 Å². The Kier molecular flexibility index (Phi) is 4.15. The fourth-order valence-electron chi connectivity index (χ4n) is 2.12. The van der Waals surface area contributed by atoms with E-state index in [4.69, 9.17) is 0 Å². The van der Waals surface area contributed by atoms with E-state index in [2.05, 4.69) is 15.9 Å². The zero-order valence-electron chi connectivity index (χ0n) is 10.8. The summed E-state index contributed by atoms with van der Waals surface area (Å²) in [5.74, 6) is -0.326. The molecule has 0 fully saturated rings. The molecule has 0 N–H and O–H groups in total. The monoisotopic (exact) mass is 320 g/mol. The Morgan fingerprint density at radius 3 is 2.53 bits per heavy atom. The number of hydrogen-bond acceptors (Lipinski definition) is 1. The molecule has 19 heavy (non-hydrogen) atoms. The third-order valence-electron chi connectivity index (χ3n) is 2.97. The highest BCUT2D eigenvalue weighted by molar-refractivity contribution is 9.10. The first-order valence-electron chi connectivity index (χ1n) is 6.01. The lowest BCUT2D eigenvalue weighted by Crippen LogP contribution is -2.06. The van der Waals surface area contributed by atoms with Gasteiger partial charge in [0.15, 0.2) is 5.78 Å². The highest BCUT2D eigenvalue weighted by atomic mass is 79.9. The van der Waals surface area contributed by atoms with Crippen LogP contribution in [0.25, 0.3) is 0 Å². The Morgan fingerprint density at radius 1 is 1.16 bits per heavy atom. The van der Waals surface area contributed by atoms with Gasteiger partial charge in [0.1, 0.15) is 5.82 Å². The van der Waals surface area contributed by atoms with Crippen molar-refractivity contribution >= 4 is 21.7 Å².